The molecule has 0 bridgehead atoms. The van der Waals surface area contributed by atoms with E-state index < -0.39 is 5.97 Å². The van der Waals surface area contributed by atoms with Gasteiger partial charge in [0.05, 0.1) is 0 Å². The fourth-order valence-corrected chi connectivity index (χ4v) is 4.98. The smallest absolute Gasteiger partial charge is 0.322 e. The minimum atomic E-state index is -1.03. The van der Waals surface area contributed by atoms with Crippen molar-refractivity contribution in [1.82, 2.24) is 5.32 Å². The number of ether oxygens (including phenoxy) is 1. The summed E-state index contributed by atoms with van der Waals surface area (Å²) < 4.78 is 5.84. The molecular formula is C36H65NO5. The zero-order valence-corrected chi connectivity index (χ0v) is 27.4. The number of carboxylic acids is 1. The third kappa shape index (κ3) is 30.8. The van der Waals surface area contributed by atoms with Crippen molar-refractivity contribution < 1.29 is 24.2 Å². The van der Waals surface area contributed by atoms with E-state index in [1.807, 2.05) is 6.08 Å². The number of carbonyl (C=O) groups excluding carboxylic acids is 2. The average Bonchev–Trinajstić information content (AvgIpc) is 2.97. The van der Waals surface area contributed by atoms with Crippen molar-refractivity contribution in [3.05, 3.63) is 24.3 Å². The van der Waals surface area contributed by atoms with Gasteiger partial charge in [0.15, 0.2) is 0 Å². The second-order valence-electron chi connectivity index (χ2n) is 11.8. The first-order chi connectivity index (χ1) is 20.5. The molecule has 0 aliphatic rings. The van der Waals surface area contributed by atoms with Gasteiger partial charge in [0.1, 0.15) is 12.6 Å². The predicted molar refractivity (Wildman–Crippen MR) is 176 cm³/mol. The Morgan fingerprint density at radius 1 is 0.643 bits per heavy atom. The Balaban J connectivity index is 4.12. The highest BCUT2D eigenvalue weighted by Gasteiger charge is 2.11. The van der Waals surface area contributed by atoms with Crippen molar-refractivity contribution in [3.63, 3.8) is 0 Å². The molecule has 0 fully saturated rings. The number of esters is 1. The van der Waals surface area contributed by atoms with E-state index in [9.17, 15) is 14.4 Å². The highest BCUT2D eigenvalue weighted by atomic mass is 16.5. The summed E-state index contributed by atoms with van der Waals surface area (Å²) in [5.41, 5.74) is 0. The lowest BCUT2D eigenvalue weighted by Gasteiger charge is -2.14. The minimum absolute atomic E-state index is 0.0998. The molecule has 0 aromatic heterocycles. The van der Waals surface area contributed by atoms with Crippen LogP contribution in [0.5, 0.6) is 0 Å². The molecule has 0 saturated carbocycles. The summed E-state index contributed by atoms with van der Waals surface area (Å²) >= 11 is 0. The number of allylic oxidation sites excluding steroid dienone is 3. The number of aliphatic carboxylic acids is 1. The number of nitrogens with one attached hydrogen (secondary N) is 1. The maximum Gasteiger partial charge on any atom is 0.322 e. The molecule has 2 N–H and O–H groups in total. The van der Waals surface area contributed by atoms with Crippen molar-refractivity contribution >= 4 is 17.8 Å². The Hall–Kier alpha value is -2.11. The van der Waals surface area contributed by atoms with E-state index in [1.165, 1.54) is 89.9 Å². The predicted octanol–water partition coefficient (Wildman–Crippen LogP) is 10.0. The van der Waals surface area contributed by atoms with Gasteiger partial charge in [-0.15, -0.1) is 0 Å². The highest BCUT2D eigenvalue weighted by molar-refractivity contribution is 5.80. The number of amides is 1. The second kappa shape index (κ2) is 31.8. The lowest BCUT2D eigenvalue weighted by Crippen LogP contribution is -2.28. The number of hydrogen-bond donors (Lipinski definition) is 2. The summed E-state index contributed by atoms with van der Waals surface area (Å²) in [6, 6.07) is 0. The molecule has 0 aliphatic heterocycles. The molecule has 0 rings (SSSR count). The lowest BCUT2D eigenvalue weighted by molar-refractivity contribution is -0.147. The van der Waals surface area contributed by atoms with Gasteiger partial charge in [-0.25, -0.2) is 0 Å². The molecule has 0 aromatic carbocycles. The van der Waals surface area contributed by atoms with E-state index in [2.05, 4.69) is 37.4 Å². The number of carboxylic acid groups (broad SMARTS) is 1. The summed E-state index contributed by atoms with van der Waals surface area (Å²) in [5.74, 6) is -1.35. The second-order valence-corrected chi connectivity index (χ2v) is 11.8. The van der Waals surface area contributed by atoms with Crippen LogP contribution in [-0.2, 0) is 19.1 Å². The van der Waals surface area contributed by atoms with Crippen LogP contribution in [0.3, 0.4) is 0 Å². The summed E-state index contributed by atoms with van der Waals surface area (Å²) in [6.07, 6.45) is 36.0. The van der Waals surface area contributed by atoms with E-state index in [1.54, 1.807) is 0 Å². The van der Waals surface area contributed by atoms with Crippen molar-refractivity contribution in [3.8, 4) is 0 Å². The van der Waals surface area contributed by atoms with Crippen molar-refractivity contribution in [2.45, 2.75) is 180 Å². The molecule has 0 aliphatic carbocycles. The van der Waals surface area contributed by atoms with Crippen molar-refractivity contribution in [2.24, 2.45) is 0 Å². The third-order valence-electron chi connectivity index (χ3n) is 7.61. The summed E-state index contributed by atoms with van der Waals surface area (Å²) in [5, 5.41) is 11.0. The Morgan fingerprint density at radius 2 is 1.17 bits per heavy atom. The molecule has 0 radical (unpaired) electrons. The zero-order valence-electron chi connectivity index (χ0n) is 27.4. The van der Waals surface area contributed by atoms with Gasteiger partial charge in [-0.3, -0.25) is 14.4 Å². The summed E-state index contributed by atoms with van der Waals surface area (Å²) in [7, 11) is 0. The maximum atomic E-state index is 12.5. The third-order valence-corrected chi connectivity index (χ3v) is 7.61. The Kier molecular flexibility index (Phi) is 30.2. The van der Waals surface area contributed by atoms with Crippen molar-refractivity contribution in [2.75, 3.05) is 6.54 Å². The fourth-order valence-electron chi connectivity index (χ4n) is 4.98. The molecule has 0 heterocycles. The zero-order chi connectivity index (χ0) is 30.9. The van der Waals surface area contributed by atoms with Crippen LogP contribution in [0.2, 0.25) is 0 Å². The van der Waals surface area contributed by atoms with Crippen LogP contribution >= 0.6 is 0 Å². The van der Waals surface area contributed by atoms with Gasteiger partial charge in [0.2, 0.25) is 5.91 Å². The first-order valence-corrected chi connectivity index (χ1v) is 17.5. The molecular weight excluding hydrogens is 526 g/mol. The van der Waals surface area contributed by atoms with Gasteiger partial charge >= 0.3 is 11.9 Å². The van der Waals surface area contributed by atoms with Crippen LogP contribution in [0.1, 0.15) is 174 Å². The molecule has 0 aromatic rings. The van der Waals surface area contributed by atoms with Crippen LogP contribution in [-0.4, -0.2) is 35.6 Å². The maximum absolute atomic E-state index is 12.5. The first-order valence-electron chi connectivity index (χ1n) is 17.5. The van der Waals surface area contributed by atoms with Gasteiger partial charge < -0.3 is 15.2 Å². The molecule has 244 valence electrons. The molecule has 6 nitrogen and oxygen atoms in total. The fraction of sp³-hybridized carbons (Fsp3) is 0.806. The van der Waals surface area contributed by atoms with Crippen LogP contribution in [0.15, 0.2) is 24.3 Å². The molecule has 1 amide bonds. The minimum Gasteiger partial charge on any atom is -0.480 e. The average molecular weight is 592 g/mol. The van der Waals surface area contributed by atoms with E-state index in [0.717, 1.165) is 57.8 Å². The standard InChI is InChI=1S/C36H65NO5/c1-3-5-7-9-11-12-13-14-15-16-17-19-21-27-31-36(41)42-33(28-24-20-18-10-8-6-4-2)29-25-22-23-26-30-34(38)37-32-35(39)40/h10,18,24,28,33H,3-9,11-17,19-23,25-27,29-32H2,1-2H3,(H,37,38)(H,39,40)/b18-10-,28-24-. The van der Waals surface area contributed by atoms with E-state index in [0.29, 0.717) is 12.8 Å². The van der Waals surface area contributed by atoms with Gasteiger partial charge in [-0.2, -0.15) is 0 Å². The van der Waals surface area contributed by atoms with Gasteiger partial charge in [-0.1, -0.05) is 141 Å². The number of rotatable bonds is 31. The Labute approximate surface area is 258 Å². The molecule has 0 saturated heterocycles. The Bertz CT molecular complexity index is 703. The van der Waals surface area contributed by atoms with E-state index in [4.69, 9.17) is 9.84 Å². The molecule has 42 heavy (non-hydrogen) atoms. The topological polar surface area (TPSA) is 92.7 Å². The van der Waals surface area contributed by atoms with Crippen LogP contribution in [0.25, 0.3) is 0 Å². The number of carbonyl (C=O) groups is 3. The molecule has 0 spiro atoms. The summed E-state index contributed by atoms with van der Waals surface area (Å²) in [6.45, 7) is 4.13. The van der Waals surface area contributed by atoms with Gasteiger partial charge in [0, 0.05) is 12.8 Å². The largest absolute Gasteiger partial charge is 0.480 e. The van der Waals surface area contributed by atoms with Crippen LogP contribution in [0, 0.1) is 0 Å². The molecule has 1 unspecified atom stereocenters. The van der Waals surface area contributed by atoms with E-state index in [-0.39, 0.29) is 24.5 Å². The SMILES string of the molecule is CCCC/C=C\C/C=C\C(CCCCCCC(=O)NCC(=O)O)OC(=O)CCCCCCCCCCCCCCCC. The Morgan fingerprint density at radius 3 is 1.74 bits per heavy atom. The molecule has 1 atom stereocenters. The lowest BCUT2D eigenvalue weighted by atomic mass is 10.0. The van der Waals surface area contributed by atoms with Crippen molar-refractivity contribution in [1.29, 1.82) is 0 Å². The molecule has 6 heteroatoms. The van der Waals surface area contributed by atoms with Crippen LogP contribution in [0.4, 0.5) is 0 Å². The highest BCUT2D eigenvalue weighted by Crippen LogP contribution is 2.15. The number of unbranched alkanes of at least 4 members (excludes halogenated alkanes) is 18. The van der Waals surface area contributed by atoms with Gasteiger partial charge in [-0.05, 0) is 44.6 Å². The summed E-state index contributed by atoms with van der Waals surface area (Å²) in [4.78, 5) is 34.7. The normalized spacial score (nSPS) is 12.2. The quantitative estimate of drug-likeness (QED) is 0.0475. The number of hydrogen-bond acceptors (Lipinski definition) is 4. The first kappa shape index (κ1) is 39.9. The van der Waals surface area contributed by atoms with Crippen LogP contribution < -0.4 is 5.32 Å². The van der Waals surface area contributed by atoms with E-state index >= 15 is 0 Å². The monoisotopic (exact) mass is 591 g/mol. The van der Waals surface area contributed by atoms with Gasteiger partial charge in [0.25, 0.3) is 0 Å².